The number of hydrogen-bond acceptors (Lipinski definition) is 5. The number of nitrogens with zero attached hydrogens (tertiary/aromatic N) is 2. The fourth-order valence-corrected chi connectivity index (χ4v) is 3.86. The quantitative estimate of drug-likeness (QED) is 0.654. The van der Waals surface area contributed by atoms with Crippen LogP contribution in [-0.2, 0) is 9.59 Å². The van der Waals surface area contributed by atoms with Gasteiger partial charge in [-0.05, 0) is 37.3 Å². The fourth-order valence-electron chi connectivity index (χ4n) is 3.42. The highest BCUT2D eigenvalue weighted by Gasteiger charge is 2.26. The Balaban J connectivity index is 1.46. The minimum Gasteiger partial charge on any atom is -0.495 e. The molecule has 1 unspecified atom stereocenters. The molecule has 1 saturated heterocycles. The van der Waals surface area contributed by atoms with Crippen molar-refractivity contribution in [3.05, 3.63) is 52.5 Å². The lowest BCUT2D eigenvalue weighted by molar-refractivity contribution is -0.122. The highest BCUT2D eigenvalue weighted by atomic mass is 35.5. The Kier molecular flexibility index (Phi) is 8.15. The van der Waals surface area contributed by atoms with Crippen LogP contribution in [0.2, 0.25) is 10.0 Å². The largest absolute Gasteiger partial charge is 0.495 e. The Morgan fingerprint density at radius 2 is 1.74 bits per heavy atom. The van der Waals surface area contributed by atoms with Crippen LogP contribution in [0.25, 0.3) is 0 Å². The van der Waals surface area contributed by atoms with Gasteiger partial charge in [-0.25, -0.2) is 0 Å². The third-order valence-electron chi connectivity index (χ3n) is 5.27. The molecule has 1 aliphatic heterocycles. The molecule has 1 fully saturated rings. The van der Waals surface area contributed by atoms with Gasteiger partial charge in [0.15, 0.2) is 0 Å². The number of amides is 2. The van der Waals surface area contributed by atoms with E-state index in [1.54, 1.807) is 37.4 Å². The first kappa shape index (κ1) is 23.3. The number of hydrogen-bond donors (Lipinski definition) is 2. The van der Waals surface area contributed by atoms with Crippen molar-refractivity contribution >= 4 is 46.4 Å². The number of rotatable bonds is 7. The number of methoxy groups -OCH3 is 1. The van der Waals surface area contributed by atoms with E-state index in [9.17, 15) is 9.59 Å². The molecule has 1 heterocycles. The van der Waals surface area contributed by atoms with Crippen LogP contribution < -0.4 is 15.4 Å². The second kappa shape index (κ2) is 10.8. The van der Waals surface area contributed by atoms with Crippen molar-refractivity contribution in [3.8, 4) is 5.75 Å². The van der Waals surface area contributed by atoms with Gasteiger partial charge in [0.1, 0.15) is 5.75 Å². The van der Waals surface area contributed by atoms with E-state index in [1.807, 2.05) is 19.1 Å². The van der Waals surface area contributed by atoms with Gasteiger partial charge in [0.05, 0.1) is 35.4 Å². The summed E-state index contributed by atoms with van der Waals surface area (Å²) in [5.41, 5.74) is 1.23. The maximum atomic E-state index is 12.7. The Morgan fingerprint density at radius 3 is 2.39 bits per heavy atom. The lowest BCUT2D eigenvalue weighted by Gasteiger charge is -2.37. The second-order valence-electron chi connectivity index (χ2n) is 7.35. The number of carbonyl (C=O) groups excluding carboxylic acids is 2. The molecule has 0 spiro atoms. The number of piperazine rings is 1. The molecule has 1 aliphatic rings. The van der Waals surface area contributed by atoms with E-state index in [2.05, 4.69) is 20.4 Å². The fraction of sp³-hybridized carbons (Fsp3) is 0.364. The maximum Gasteiger partial charge on any atom is 0.241 e. The lowest BCUT2D eigenvalue weighted by Crippen LogP contribution is -2.53. The third kappa shape index (κ3) is 6.33. The molecule has 2 amide bonds. The molecule has 2 aromatic carbocycles. The molecule has 166 valence electrons. The highest BCUT2D eigenvalue weighted by Crippen LogP contribution is 2.27. The number of para-hydroxylation sites is 1. The van der Waals surface area contributed by atoms with Crippen molar-refractivity contribution in [2.45, 2.75) is 13.0 Å². The monoisotopic (exact) mass is 464 g/mol. The van der Waals surface area contributed by atoms with Crippen LogP contribution in [0.1, 0.15) is 6.92 Å². The minimum absolute atomic E-state index is 0.105. The summed E-state index contributed by atoms with van der Waals surface area (Å²) in [6.07, 6.45) is 0. The maximum absolute atomic E-state index is 12.7. The van der Waals surface area contributed by atoms with E-state index >= 15 is 0 Å². The van der Waals surface area contributed by atoms with Crippen LogP contribution in [-0.4, -0.2) is 67.5 Å². The van der Waals surface area contributed by atoms with Crippen LogP contribution >= 0.6 is 23.2 Å². The second-order valence-corrected chi connectivity index (χ2v) is 8.17. The standard InChI is InChI=1S/C22H26Cl2N4O3/c1-15(22(30)25-16-7-8-20(31-2)18(24)13-16)28-11-9-27(10-12-28)14-21(29)26-19-6-4-3-5-17(19)23/h3-8,13,15H,9-12,14H2,1-2H3,(H,25,30)(H,26,29). The first-order valence-corrected chi connectivity index (χ1v) is 10.8. The molecule has 31 heavy (non-hydrogen) atoms. The van der Waals surface area contributed by atoms with Crippen molar-refractivity contribution in [2.75, 3.05) is 50.5 Å². The summed E-state index contributed by atoms with van der Waals surface area (Å²) in [7, 11) is 1.54. The van der Waals surface area contributed by atoms with Crippen LogP contribution in [0.5, 0.6) is 5.75 Å². The third-order valence-corrected chi connectivity index (χ3v) is 5.89. The zero-order valence-corrected chi connectivity index (χ0v) is 19.0. The summed E-state index contributed by atoms with van der Waals surface area (Å²) in [4.78, 5) is 29.1. The average molecular weight is 465 g/mol. The molecule has 1 atom stereocenters. The Labute approximate surface area is 192 Å². The smallest absolute Gasteiger partial charge is 0.241 e. The van der Waals surface area contributed by atoms with Crippen LogP contribution in [0.4, 0.5) is 11.4 Å². The minimum atomic E-state index is -0.306. The Hall–Kier alpha value is -2.32. The molecule has 0 saturated carbocycles. The lowest BCUT2D eigenvalue weighted by atomic mass is 10.2. The molecular weight excluding hydrogens is 439 g/mol. The van der Waals surface area contributed by atoms with Crippen LogP contribution in [0.3, 0.4) is 0 Å². The summed E-state index contributed by atoms with van der Waals surface area (Å²) in [5, 5.41) is 6.69. The highest BCUT2D eigenvalue weighted by molar-refractivity contribution is 6.33. The molecule has 3 rings (SSSR count). The van der Waals surface area contributed by atoms with Crippen molar-refractivity contribution in [3.63, 3.8) is 0 Å². The zero-order chi connectivity index (χ0) is 22.4. The topological polar surface area (TPSA) is 73.9 Å². The number of anilines is 2. The van der Waals surface area contributed by atoms with Crippen molar-refractivity contribution in [2.24, 2.45) is 0 Å². The summed E-state index contributed by atoms with van der Waals surface area (Å²) in [6.45, 7) is 4.93. The van der Waals surface area contributed by atoms with E-state index in [0.29, 0.717) is 53.3 Å². The van der Waals surface area contributed by atoms with Crippen molar-refractivity contribution < 1.29 is 14.3 Å². The normalized spacial score (nSPS) is 15.9. The Bertz CT molecular complexity index is 933. The van der Waals surface area contributed by atoms with Crippen molar-refractivity contribution in [1.82, 2.24) is 9.80 Å². The van der Waals surface area contributed by atoms with Gasteiger partial charge >= 0.3 is 0 Å². The molecule has 2 aromatic rings. The van der Waals surface area contributed by atoms with Gasteiger partial charge in [-0.3, -0.25) is 19.4 Å². The molecule has 7 nitrogen and oxygen atoms in total. The molecule has 0 radical (unpaired) electrons. The van der Waals surface area contributed by atoms with Crippen LogP contribution in [0, 0.1) is 0 Å². The van der Waals surface area contributed by atoms with Gasteiger partial charge in [0, 0.05) is 31.9 Å². The number of halogens is 2. The van der Waals surface area contributed by atoms with Gasteiger partial charge in [0.2, 0.25) is 11.8 Å². The van der Waals surface area contributed by atoms with E-state index in [4.69, 9.17) is 27.9 Å². The van der Waals surface area contributed by atoms with E-state index in [-0.39, 0.29) is 24.4 Å². The van der Waals surface area contributed by atoms with E-state index < -0.39 is 0 Å². The van der Waals surface area contributed by atoms with Crippen molar-refractivity contribution in [1.29, 1.82) is 0 Å². The van der Waals surface area contributed by atoms with Gasteiger partial charge < -0.3 is 15.4 Å². The molecule has 0 bridgehead atoms. The summed E-state index contributed by atoms with van der Waals surface area (Å²) in [6, 6.07) is 12.0. The first-order valence-electron chi connectivity index (χ1n) is 10.0. The van der Waals surface area contributed by atoms with Gasteiger partial charge in [0.25, 0.3) is 0 Å². The summed E-state index contributed by atoms with van der Waals surface area (Å²) >= 11 is 12.2. The number of nitrogens with one attached hydrogen (secondary N) is 2. The van der Waals surface area contributed by atoms with E-state index in [0.717, 1.165) is 0 Å². The average Bonchev–Trinajstić information content (AvgIpc) is 2.75. The number of ether oxygens (including phenoxy) is 1. The summed E-state index contributed by atoms with van der Waals surface area (Å²) < 4.78 is 5.13. The zero-order valence-electron chi connectivity index (χ0n) is 17.5. The predicted molar refractivity (Wildman–Crippen MR) is 124 cm³/mol. The van der Waals surface area contributed by atoms with Gasteiger partial charge in [-0.15, -0.1) is 0 Å². The van der Waals surface area contributed by atoms with Gasteiger partial charge in [-0.2, -0.15) is 0 Å². The summed E-state index contributed by atoms with van der Waals surface area (Å²) in [5.74, 6) is 0.345. The SMILES string of the molecule is COc1ccc(NC(=O)C(C)N2CCN(CC(=O)Nc3ccccc3Cl)CC2)cc1Cl. The Morgan fingerprint density at radius 1 is 1.03 bits per heavy atom. The number of carbonyl (C=O) groups is 2. The molecule has 0 aromatic heterocycles. The first-order chi connectivity index (χ1) is 14.9. The van der Waals surface area contributed by atoms with Gasteiger partial charge in [-0.1, -0.05) is 35.3 Å². The molecular formula is C22H26Cl2N4O3. The molecule has 9 heteroatoms. The molecule has 2 N–H and O–H groups in total. The van der Waals surface area contributed by atoms with Crippen LogP contribution in [0.15, 0.2) is 42.5 Å². The van der Waals surface area contributed by atoms with E-state index in [1.165, 1.54) is 0 Å². The molecule has 0 aliphatic carbocycles. The predicted octanol–water partition coefficient (Wildman–Crippen LogP) is 3.59. The number of benzene rings is 2.